The van der Waals surface area contributed by atoms with Gasteiger partial charge in [0.25, 0.3) is 0 Å². The van der Waals surface area contributed by atoms with E-state index in [9.17, 15) is 9.18 Å². The fourth-order valence-corrected chi connectivity index (χ4v) is 2.31. The van der Waals surface area contributed by atoms with Crippen molar-refractivity contribution in [2.75, 3.05) is 25.5 Å². The maximum Gasteiger partial charge on any atom is 0.243 e. The lowest BCUT2D eigenvalue weighted by Crippen LogP contribution is -2.22. The van der Waals surface area contributed by atoms with E-state index in [0.717, 1.165) is 12.8 Å². The molecule has 0 aromatic heterocycles. The Morgan fingerprint density at radius 2 is 1.92 bits per heavy atom. The van der Waals surface area contributed by atoms with E-state index in [-0.39, 0.29) is 11.7 Å². The van der Waals surface area contributed by atoms with Crippen molar-refractivity contribution in [3.63, 3.8) is 0 Å². The zero-order valence-electron chi connectivity index (χ0n) is 14.1. The minimum Gasteiger partial charge on any atom is -0.378 e. The molecule has 0 aliphatic heterocycles. The number of hydrogen-bond donors (Lipinski definition) is 1. The van der Waals surface area contributed by atoms with Crippen LogP contribution in [0.15, 0.2) is 54.6 Å². The van der Waals surface area contributed by atoms with E-state index in [1.165, 1.54) is 29.5 Å². The van der Waals surface area contributed by atoms with Gasteiger partial charge < -0.3 is 10.2 Å². The first-order valence-electron chi connectivity index (χ1n) is 8.02. The van der Waals surface area contributed by atoms with Crippen LogP contribution in [0.25, 0.3) is 6.08 Å². The Balaban J connectivity index is 1.71. The Bertz CT molecular complexity index is 693. The summed E-state index contributed by atoms with van der Waals surface area (Å²) in [6.07, 6.45) is 4.83. The van der Waals surface area contributed by atoms with Gasteiger partial charge >= 0.3 is 0 Å². The summed E-state index contributed by atoms with van der Waals surface area (Å²) in [7, 11) is 4.03. The molecule has 24 heavy (non-hydrogen) atoms. The Kier molecular flexibility index (Phi) is 6.55. The van der Waals surface area contributed by atoms with Crippen LogP contribution in [-0.2, 0) is 11.2 Å². The number of benzene rings is 2. The molecule has 2 aromatic carbocycles. The quantitative estimate of drug-likeness (QED) is 0.622. The molecule has 126 valence electrons. The normalized spacial score (nSPS) is 10.8. The van der Waals surface area contributed by atoms with Gasteiger partial charge in [-0.25, -0.2) is 4.39 Å². The number of rotatable bonds is 7. The number of halogens is 1. The minimum atomic E-state index is -0.308. The maximum absolute atomic E-state index is 13.0. The average molecular weight is 326 g/mol. The molecule has 1 N–H and O–H groups in total. The first-order chi connectivity index (χ1) is 11.5. The van der Waals surface area contributed by atoms with Crippen LogP contribution in [-0.4, -0.2) is 26.5 Å². The van der Waals surface area contributed by atoms with Crippen molar-refractivity contribution in [3.05, 3.63) is 71.6 Å². The molecule has 0 aliphatic rings. The topological polar surface area (TPSA) is 32.3 Å². The van der Waals surface area contributed by atoms with Crippen molar-refractivity contribution in [2.45, 2.75) is 12.8 Å². The van der Waals surface area contributed by atoms with Gasteiger partial charge in [0.15, 0.2) is 0 Å². The van der Waals surface area contributed by atoms with Crippen molar-refractivity contribution in [1.29, 1.82) is 0 Å². The number of carbonyl (C=O) groups is 1. The first kappa shape index (κ1) is 17.7. The standard InChI is InChI=1S/C20H23FN2O/c1-23(2)19-11-8-16(9-12-19)6-4-14-22-20(24)13-10-17-5-3-7-18(21)15-17/h3,5,7-13,15H,4,6,14H2,1-2H3,(H,22,24)/b13-10+. The molecule has 1 amide bonds. The molecule has 0 radical (unpaired) electrons. The number of amides is 1. The lowest BCUT2D eigenvalue weighted by atomic mass is 10.1. The summed E-state index contributed by atoms with van der Waals surface area (Å²) in [5.41, 5.74) is 3.10. The van der Waals surface area contributed by atoms with E-state index < -0.39 is 0 Å². The van der Waals surface area contributed by atoms with E-state index >= 15 is 0 Å². The van der Waals surface area contributed by atoms with Crippen LogP contribution in [0.2, 0.25) is 0 Å². The zero-order valence-corrected chi connectivity index (χ0v) is 14.1. The first-order valence-corrected chi connectivity index (χ1v) is 8.02. The van der Waals surface area contributed by atoms with Gasteiger partial charge in [-0.1, -0.05) is 24.3 Å². The molecule has 0 bridgehead atoms. The molecule has 0 unspecified atom stereocenters. The second kappa shape index (κ2) is 8.87. The van der Waals surface area contributed by atoms with Gasteiger partial charge in [0.2, 0.25) is 5.91 Å². The van der Waals surface area contributed by atoms with Crippen molar-refractivity contribution in [3.8, 4) is 0 Å². The summed E-state index contributed by atoms with van der Waals surface area (Å²) in [6.45, 7) is 0.613. The fourth-order valence-electron chi connectivity index (χ4n) is 2.31. The zero-order chi connectivity index (χ0) is 17.4. The molecule has 0 saturated heterocycles. The third-order valence-electron chi connectivity index (χ3n) is 3.67. The summed E-state index contributed by atoms with van der Waals surface area (Å²) >= 11 is 0. The van der Waals surface area contributed by atoms with Gasteiger partial charge in [-0.15, -0.1) is 0 Å². The Morgan fingerprint density at radius 1 is 1.17 bits per heavy atom. The van der Waals surface area contributed by atoms with E-state index in [1.54, 1.807) is 18.2 Å². The van der Waals surface area contributed by atoms with Crippen LogP contribution in [0.4, 0.5) is 10.1 Å². The highest BCUT2D eigenvalue weighted by molar-refractivity contribution is 5.91. The highest BCUT2D eigenvalue weighted by Gasteiger charge is 1.99. The number of hydrogen-bond acceptors (Lipinski definition) is 2. The van der Waals surface area contributed by atoms with Crippen LogP contribution in [0.5, 0.6) is 0 Å². The van der Waals surface area contributed by atoms with Crippen LogP contribution in [0.3, 0.4) is 0 Å². The summed E-state index contributed by atoms with van der Waals surface area (Å²) in [5, 5.41) is 2.84. The summed E-state index contributed by atoms with van der Waals surface area (Å²) < 4.78 is 13.0. The second-order valence-corrected chi connectivity index (χ2v) is 5.84. The molecule has 0 heterocycles. The predicted octanol–water partition coefficient (Wildman–Crippen LogP) is 3.65. The molecule has 2 rings (SSSR count). The van der Waals surface area contributed by atoms with E-state index in [0.29, 0.717) is 12.1 Å². The molecule has 0 fully saturated rings. The SMILES string of the molecule is CN(C)c1ccc(CCCNC(=O)/C=C/c2cccc(F)c2)cc1. The third kappa shape index (κ3) is 5.88. The number of nitrogens with zero attached hydrogens (tertiary/aromatic N) is 1. The number of nitrogens with one attached hydrogen (secondary N) is 1. The van der Waals surface area contributed by atoms with Gasteiger partial charge in [0.1, 0.15) is 5.82 Å². The largest absolute Gasteiger partial charge is 0.378 e. The van der Waals surface area contributed by atoms with Gasteiger partial charge in [-0.05, 0) is 54.3 Å². The van der Waals surface area contributed by atoms with Crippen molar-refractivity contribution < 1.29 is 9.18 Å². The molecular formula is C20H23FN2O. The summed E-state index contributed by atoms with van der Waals surface area (Å²) in [6, 6.07) is 14.6. The van der Waals surface area contributed by atoms with E-state index in [1.807, 2.05) is 14.1 Å². The van der Waals surface area contributed by atoms with Gasteiger partial charge in [-0.2, -0.15) is 0 Å². The monoisotopic (exact) mass is 326 g/mol. The lowest BCUT2D eigenvalue weighted by molar-refractivity contribution is -0.116. The maximum atomic E-state index is 13.0. The van der Waals surface area contributed by atoms with E-state index in [2.05, 4.69) is 34.5 Å². The summed E-state index contributed by atoms with van der Waals surface area (Å²) in [5.74, 6) is -0.472. The number of carbonyl (C=O) groups excluding carboxylic acids is 1. The van der Waals surface area contributed by atoms with Crippen molar-refractivity contribution >= 4 is 17.7 Å². The van der Waals surface area contributed by atoms with Gasteiger partial charge in [0, 0.05) is 32.4 Å². The molecule has 0 saturated carbocycles. The number of aryl methyl sites for hydroxylation is 1. The Morgan fingerprint density at radius 3 is 2.58 bits per heavy atom. The highest BCUT2D eigenvalue weighted by Crippen LogP contribution is 2.13. The van der Waals surface area contributed by atoms with Gasteiger partial charge in [0.05, 0.1) is 0 Å². The Hall–Kier alpha value is -2.62. The molecule has 0 atom stereocenters. The summed E-state index contributed by atoms with van der Waals surface area (Å²) in [4.78, 5) is 13.8. The lowest BCUT2D eigenvalue weighted by Gasteiger charge is -2.12. The van der Waals surface area contributed by atoms with Crippen molar-refractivity contribution in [2.24, 2.45) is 0 Å². The molecule has 0 spiro atoms. The fraction of sp³-hybridized carbons (Fsp3) is 0.250. The van der Waals surface area contributed by atoms with Crippen LogP contribution < -0.4 is 10.2 Å². The molecule has 0 aliphatic carbocycles. The molecule has 2 aromatic rings. The second-order valence-electron chi connectivity index (χ2n) is 5.84. The smallest absolute Gasteiger partial charge is 0.243 e. The Labute approximate surface area is 142 Å². The van der Waals surface area contributed by atoms with Crippen LogP contribution >= 0.6 is 0 Å². The molecule has 4 heteroatoms. The molecule has 3 nitrogen and oxygen atoms in total. The average Bonchev–Trinajstić information content (AvgIpc) is 2.57. The molecular weight excluding hydrogens is 303 g/mol. The van der Waals surface area contributed by atoms with Gasteiger partial charge in [-0.3, -0.25) is 4.79 Å². The van der Waals surface area contributed by atoms with Crippen LogP contribution in [0.1, 0.15) is 17.5 Å². The third-order valence-corrected chi connectivity index (χ3v) is 3.67. The minimum absolute atomic E-state index is 0.165. The van der Waals surface area contributed by atoms with Crippen LogP contribution in [0, 0.1) is 5.82 Å². The number of anilines is 1. The highest BCUT2D eigenvalue weighted by atomic mass is 19.1. The van der Waals surface area contributed by atoms with E-state index in [4.69, 9.17) is 0 Å². The predicted molar refractivity (Wildman–Crippen MR) is 97.5 cm³/mol. The van der Waals surface area contributed by atoms with Crippen molar-refractivity contribution in [1.82, 2.24) is 5.32 Å².